The molecule has 0 amide bonds. The predicted octanol–water partition coefficient (Wildman–Crippen LogP) is 3.66. The minimum Gasteiger partial charge on any atom is -0.0622 e. The van der Waals surface area contributed by atoms with Crippen molar-refractivity contribution in [3.05, 3.63) is 78.1 Å². The summed E-state index contributed by atoms with van der Waals surface area (Å²) in [6.45, 7) is 0. The molecule has 0 aliphatic carbocycles. The summed E-state index contributed by atoms with van der Waals surface area (Å²) in [5.41, 5.74) is 1.34. The molecule has 1 aliphatic heterocycles. The maximum atomic E-state index is 2.33. The Morgan fingerprint density at radius 1 is 0.706 bits per heavy atom. The number of hydrogen-bond donors (Lipinski definition) is 0. The SMILES string of the molecule is C1=Cc2ccccc2P(c2ccccc2)C=C1. The molecule has 0 nitrogen and oxygen atoms in total. The van der Waals surface area contributed by atoms with Crippen molar-refractivity contribution in [3.63, 3.8) is 0 Å². The molecule has 0 saturated heterocycles. The summed E-state index contributed by atoms with van der Waals surface area (Å²) in [5, 5.41) is 2.86. The second-order valence-electron chi connectivity index (χ2n) is 3.97. The second-order valence-corrected chi connectivity index (χ2v) is 6.00. The summed E-state index contributed by atoms with van der Waals surface area (Å²) in [4.78, 5) is 0. The Hall–Kier alpha value is -1.65. The molecule has 1 unspecified atom stereocenters. The van der Waals surface area contributed by atoms with Crippen LogP contribution in [0.2, 0.25) is 0 Å². The smallest absolute Gasteiger partial charge is 0.00840 e. The van der Waals surface area contributed by atoms with Gasteiger partial charge < -0.3 is 0 Å². The van der Waals surface area contributed by atoms with Gasteiger partial charge in [0.1, 0.15) is 0 Å². The van der Waals surface area contributed by atoms with E-state index in [-0.39, 0.29) is 7.92 Å². The van der Waals surface area contributed by atoms with Crippen LogP contribution in [0.4, 0.5) is 0 Å². The van der Waals surface area contributed by atoms with Crippen LogP contribution in [0.3, 0.4) is 0 Å². The molecule has 1 heteroatoms. The first-order valence-electron chi connectivity index (χ1n) is 5.73. The molecule has 0 N–H and O–H groups in total. The molecule has 0 spiro atoms. The number of allylic oxidation sites excluding steroid dienone is 2. The summed E-state index contributed by atoms with van der Waals surface area (Å²) < 4.78 is 0. The van der Waals surface area contributed by atoms with Crippen LogP contribution >= 0.6 is 7.92 Å². The molecule has 0 saturated carbocycles. The van der Waals surface area contributed by atoms with Gasteiger partial charge in [-0.1, -0.05) is 78.6 Å². The van der Waals surface area contributed by atoms with Crippen LogP contribution in [0, 0.1) is 0 Å². The Bertz CT molecular complexity index is 567. The quantitative estimate of drug-likeness (QED) is 0.663. The zero-order valence-corrected chi connectivity index (χ0v) is 10.3. The third-order valence-corrected chi connectivity index (χ3v) is 5.10. The number of fused-ring (bicyclic) bond motifs is 1. The first kappa shape index (κ1) is 10.5. The van der Waals surface area contributed by atoms with Gasteiger partial charge in [0.25, 0.3) is 0 Å². The van der Waals surface area contributed by atoms with Crippen molar-refractivity contribution in [1.82, 2.24) is 0 Å². The average Bonchev–Trinajstić information content (AvgIpc) is 2.62. The summed E-state index contributed by atoms with van der Waals surface area (Å²) in [6, 6.07) is 19.4. The van der Waals surface area contributed by atoms with E-state index in [2.05, 4.69) is 78.6 Å². The maximum Gasteiger partial charge on any atom is -0.00840 e. The Balaban J connectivity index is 2.14. The third kappa shape index (κ3) is 2.09. The van der Waals surface area contributed by atoms with Gasteiger partial charge >= 0.3 is 0 Å². The molecule has 17 heavy (non-hydrogen) atoms. The fourth-order valence-corrected chi connectivity index (χ4v) is 4.09. The van der Waals surface area contributed by atoms with Crippen molar-refractivity contribution >= 4 is 24.6 Å². The Kier molecular flexibility index (Phi) is 2.90. The number of benzene rings is 2. The molecular weight excluding hydrogens is 223 g/mol. The van der Waals surface area contributed by atoms with E-state index in [1.165, 1.54) is 16.2 Å². The van der Waals surface area contributed by atoms with Crippen molar-refractivity contribution in [2.75, 3.05) is 0 Å². The van der Waals surface area contributed by atoms with Gasteiger partial charge in [0.15, 0.2) is 0 Å². The zero-order valence-electron chi connectivity index (χ0n) is 9.45. The van der Waals surface area contributed by atoms with Crippen LogP contribution in [-0.4, -0.2) is 0 Å². The largest absolute Gasteiger partial charge is 0.0622 e. The van der Waals surface area contributed by atoms with E-state index in [4.69, 9.17) is 0 Å². The molecular formula is C16H13P. The summed E-state index contributed by atoms with van der Waals surface area (Å²) in [7, 11) is -0.352. The van der Waals surface area contributed by atoms with E-state index in [0.29, 0.717) is 0 Å². The van der Waals surface area contributed by atoms with E-state index in [1.807, 2.05) is 0 Å². The minimum absolute atomic E-state index is 0.352. The van der Waals surface area contributed by atoms with Crippen molar-refractivity contribution in [1.29, 1.82) is 0 Å². The molecule has 3 rings (SSSR count). The maximum absolute atomic E-state index is 2.33. The van der Waals surface area contributed by atoms with Crippen molar-refractivity contribution in [2.45, 2.75) is 0 Å². The number of hydrogen-bond acceptors (Lipinski definition) is 0. The van der Waals surface area contributed by atoms with E-state index in [0.717, 1.165) is 0 Å². The van der Waals surface area contributed by atoms with Crippen LogP contribution in [0.25, 0.3) is 6.08 Å². The second kappa shape index (κ2) is 4.69. The van der Waals surface area contributed by atoms with Crippen LogP contribution in [-0.2, 0) is 0 Å². The van der Waals surface area contributed by atoms with Gasteiger partial charge in [-0.05, 0) is 24.1 Å². The van der Waals surface area contributed by atoms with Gasteiger partial charge in [0.2, 0.25) is 0 Å². The highest BCUT2D eigenvalue weighted by atomic mass is 31.1. The van der Waals surface area contributed by atoms with Crippen molar-refractivity contribution < 1.29 is 0 Å². The normalized spacial score (nSPS) is 17.5. The molecule has 1 aliphatic rings. The Morgan fingerprint density at radius 3 is 2.35 bits per heavy atom. The van der Waals surface area contributed by atoms with Crippen LogP contribution < -0.4 is 10.6 Å². The molecule has 1 atom stereocenters. The summed E-state index contributed by atoms with van der Waals surface area (Å²) in [5.74, 6) is 2.33. The van der Waals surface area contributed by atoms with Gasteiger partial charge in [-0.15, -0.1) is 0 Å². The first-order chi connectivity index (χ1) is 8.45. The molecule has 2 aromatic carbocycles. The van der Waals surface area contributed by atoms with Crippen LogP contribution in [0.15, 0.2) is 72.6 Å². The van der Waals surface area contributed by atoms with Crippen LogP contribution in [0.5, 0.6) is 0 Å². The highest BCUT2D eigenvalue weighted by molar-refractivity contribution is 7.75. The van der Waals surface area contributed by atoms with E-state index in [9.17, 15) is 0 Å². The number of rotatable bonds is 1. The molecule has 0 bridgehead atoms. The fourth-order valence-electron chi connectivity index (χ4n) is 2.04. The van der Waals surface area contributed by atoms with E-state index >= 15 is 0 Å². The predicted molar refractivity (Wildman–Crippen MR) is 77.2 cm³/mol. The van der Waals surface area contributed by atoms with Gasteiger partial charge in [0, 0.05) is 0 Å². The van der Waals surface area contributed by atoms with Crippen molar-refractivity contribution in [3.8, 4) is 0 Å². The summed E-state index contributed by atoms with van der Waals surface area (Å²) in [6.07, 6.45) is 6.49. The van der Waals surface area contributed by atoms with Gasteiger partial charge in [-0.2, -0.15) is 0 Å². The van der Waals surface area contributed by atoms with Gasteiger partial charge in [0.05, 0.1) is 0 Å². The van der Waals surface area contributed by atoms with Crippen LogP contribution in [0.1, 0.15) is 5.56 Å². The monoisotopic (exact) mass is 236 g/mol. The topological polar surface area (TPSA) is 0 Å². The van der Waals surface area contributed by atoms with Crippen molar-refractivity contribution in [2.24, 2.45) is 0 Å². The molecule has 0 fully saturated rings. The van der Waals surface area contributed by atoms with E-state index in [1.54, 1.807) is 0 Å². The minimum atomic E-state index is -0.352. The standard InChI is InChI=1S/C16H13P/c1-2-10-15(11-3-1)17-13-7-6-9-14-8-4-5-12-16(14)17/h1-13H. The lowest BCUT2D eigenvalue weighted by molar-refractivity contribution is 1.72. The summed E-state index contributed by atoms with van der Waals surface area (Å²) >= 11 is 0. The molecule has 2 aromatic rings. The first-order valence-corrected chi connectivity index (χ1v) is 7.14. The van der Waals surface area contributed by atoms with Gasteiger partial charge in [-0.3, -0.25) is 0 Å². The Morgan fingerprint density at radius 2 is 1.47 bits per heavy atom. The lowest BCUT2D eigenvalue weighted by atomic mass is 10.2. The molecule has 0 aromatic heterocycles. The lowest BCUT2D eigenvalue weighted by Gasteiger charge is -2.15. The lowest BCUT2D eigenvalue weighted by Crippen LogP contribution is -2.11. The fraction of sp³-hybridized carbons (Fsp3) is 0. The average molecular weight is 236 g/mol. The third-order valence-electron chi connectivity index (χ3n) is 2.85. The molecule has 0 radical (unpaired) electrons. The van der Waals surface area contributed by atoms with E-state index < -0.39 is 0 Å². The highest BCUT2D eigenvalue weighted by Crippen LogP contribution is 2.37. The highest BCUT2D eigenvalue weighted by Gasteiger charge is 2.13. The Labute approximate surface area is 103 Å². The molecule has 82 valence electrons. The van der Waals surface area contributed by atoms with Gasteiger partial charge in [-0.25, -0.2) is 0 Å². The zero-order chi connectivity index (χ0) is 11.5. The molecule has 1 heterocycles.